The van der Waals surface area contributed by atoms with E-state index in [9.17, 15) is 14.4 Å². The molecule has 0 radical (unpaired) electrons. The van der Waals surface area contributed by atoms with Crippen LogP contribution in [-0.2, 0) is 20.9 Å². The second-order valence-corrected chi connectivity index (χ2v) is 7.70. The Morgan fingerprint density at radius 2 is 2.07 bits per heavy atom. The number of nitrogens with zero attached hydrogens (tertiary/aromatic N) is 1. The summed E-state index contributed by atoms with van der Waals surface area (Å²) in [4.78, 5) is 36.5. The molecule has 4 N–H and O–H groups in total. The van der Waals surface area contributed by atoms with Crippen molar-refractivity contribution < 1.29 is 24.2 Å². The summed E-state index contributed by atoms with van der Waals surface area (Å²) >= 11 is 1.51. The summed E-state index contributed by atoms with van der Waals surface area (Å²) in [6.45, 7) is 1.15. The van der Waals surface area contributed by atoms with Gasteiger partial charge in [-0.1, -0.05) is 30.3 Å². The van der Waals surface area contributed by atoms with E-state index in [0.29, 0.717) is 38.1 Å². The predicted octanol–water partition coefficient (Wildman–Crippen LogP) is 1.44. The highest BCUT2D eigenvalue weighted by molar-refractivity contribution is 7.99. The third-order valence-corrected chi connectivity index (χ3v) is 5.56. The number of carboxylic acids is 1. The molecule has 8 nitrogen and oxygen atoms in total. The fourth-order valence-corrected chi connectivity index (χ4v) is 3.83. The van der Waals surface area contributed by atoms with Gasteiger partial charge in [0.2, 0.25) is 5.91 Å². The van der Waals surface area contributed by atoms with Crippen molar-refractivity contribution in [3.63, 3.8) is 0 Å². The van der Waals surface area contributed by atoms with Gasteiger partial charge in [-0.25, -0.2) is 9.59 Å². The van der Waals surface area contributed by atoms with Crippen molar-refractivity contribution in [1.82, 2.24) is 10.2 Å². The van der Waals surface area contributed by atoms with Crippen molar-refractivity contribution in [2.45, 2.75) is 38.0 Å². The SMILES string of the molecule is N[C@@H](CSCCCNC(=O)OCc1ccccc1)C(=O)N1CCC[C@H]1C(=O)O. The van der Waals surface area contributed by atoms with Gasteiger partial charge in [-0.15, -0.1) is 0 Å². The van der Waals surface area contributed by atoms with Gasteiger partial charge >= 0.3 is 12.1 Å². The lowest BCUT2D eigenvalue weighted by atomic mass is 10.2. The van der Waals surface area contributed by atoms with Crippen LogP contribution in [0.4, 0.5) is 4.79 Å². The van der Waals surface area contributed by atoms with E-state index in [0.717, 1.165) is 11.3 Å². The van der Waals surface area contributed by atoms with E-state index < -0.39 is 24.1 Å². The van der Waals surface area contributed by atoms with Crippen LogP contribution in [0.1, 0.15) is 24.8 Å². The Morgan fingerprint density at radius 1 is 1.32 bits per heavy atom. The first kappa shape index (κ1) is 22.0. The van der Waals surface area contributed by atoms with E-state index in [1.165, 1.54) is 16.7 Å². The zero-order valence-electron chi connectivity index (χ0n) is 15.7. The largest absolute Gasteiger partial charge is 0.480 e. The molecule has 1 aliphatic rings. The molecule has 0 unspecified atom stereocenters. The van der Waals surface area contributed by atoms with Crippen molar-refractivity contribution in [1.29, 1.82) is 0 Å². The van der Waals surface area contributed by atoms with Crippen LogP contribution in [0, 0.1) is 0 Å². The fraction of sp³-hybridized carbons (Fsp3) is 0.526. The van der Waals surface area contributed by atoms with Crippen LogP contribution in [0.5, 0.6) is 0 Å². The molecule has 1 aromatic carbocycles. The topological polar surface area (TPSA) is 122 Å². The lowest BCUT2D eigenvalue weighted by Crippen LogP contribution is -2.49. The zero-order chi connectivity index (χ0) is 20.4. The van der Waals surface area contributed by atoms with E-state index in [4.69, 9.17) is 15.6 Å². The summed E-state index contributed by atoms with van der Waals surface area (Å²) in [6, 6.07) is 7.97. The standard InChI is InChI=1S/C19H27N3O5S/c20-15(17(23)22-10-4-8-16(22)18(24)25)13-28-11-5-9-21-19(26)27-12-14-6-2-1-3-7-14/h1-3,6-7,15-16H,4-5,8-13,20H2,(H,21,26)(H,24,25)/t15-,16-/m0/s1. The van der Waals surface area contributed by atoms with Crippen molar-refractivity contribution >= 4 is 29.7 Å². The highest BCUT2D eigenvalue weighted by Gasteiger charge is 2.35. The normalized spacial score (nSPS) is 17.2. The first-order valence-corrected chi connectivity index (χ1v) is 10.5. The third-order valence-electron chi connectivity index (χ3n) is 4.38. The molecule has 0 aliphatic carbocycles. The first-order valence-electron chi connectivity index (χ1n) is 9.30. The minimum atomic E-state index is -0.976. The monoisotopic (exact) mass is 409 g/mol. The maximum atomic E-state index is 12.3. The Morgan fingerprint density at radius 3 is 2.79 bits per heavy atom. The average Bonchev–Trinajstić information content (AvgIpc) is 3.19. The number of carbonyl (C=O) groups is 3. The summed E-state index contributed by atoms with van der Waals surface area (Å²) in [5, 5.41) is 11.8. The number of ether oxygens (including phenoxy) is 1. The number of carbonyl (C=O) groups excluding carboxylic acids is 2. The number of hydrogen-bond donors (Lipinski definition) is 3. The number of carboxylic acid groups (broad SMARTS) is 1. The molecular weight excluding hydrogens is 382 g/mol. The Kier molecular flexibility index (Phi) is 9.09. The second-order valence-electron chi connectivity index (χ2n) is 6.55. The maximum absolute atomic E-state index is 12.3. The smallest absolute Gasteiger partial charge is 0.407 e. The minimum Gasteiger partial charge on any atom is -0.480 e. The molecule has 0 bridgehead atoms. The molecule has 2 atom stereocenters. The first-order chi connectivity index (χ1) is 13.5. The average molecular weight is 410 g/mol. The minimum absolute atomic E-state index is 0.228. The second kappa shape index (κ2) is 11.6. The number of alkyl carbamates (subject to hydrolysis) is 1. The highest BCUT2D eigenvalue weighted by Crippen LogP contribution is 2.19. The zero-order valence-corrected chi connectivity index (χ0v) is 16.5. The van der Waals surface area contributed by atoms with Gasteiger partial charge in [0.15, 0.2) is 0 Å². The number of likely N-dealkylation sites (tertiary alicyclic amines) is 1. The molecule has 2 amide bonds. The number of hydrogen-bond acceptors (Lipinski definition) is 6. The predicted molar refractivity (Wildman–Crippen MR) is 107 cm³/mol. The molecule has 154 valence electrons. The van der Waals surface area contributed by atoms with E-state index >= 15 is 0 Å². The number of rotatable bonds is 10. The van der Waals surface area contributed by atoms with Gasteiger partial charge < -0.3 is 25.8 Å². The fourth-order valence-electron chi connectivity index (χ4n) is 2.92. The molecule has 1 aliphatic heterocycles. The van der Waals surface area contributed by atoms with Gasteiger partial charge in [0.25, 0.3) is 0 Å². The van der Waals surface area contributed by atoms with E-state index in [-0.39, 0.29) is 12.5 Å². The lowest BCUT2D eigenvalue weighted by Gasteiger charge is -2.24. The molecule has 28 heavy (non-hydrogen) atoms. The van der Waals surface area contributed by atoms with Crippen LogP contribution in [0.25, 0.3) is 0 Å². The van der Waals surface area contributed by atoms with Crippen molar-refractivity contribution in [3.8, 4) is 0 Å². The van der Waals surface area contributed by atoms with Crippen LogP contribution < -0.4 is 11.1 Å². The molecule has 9 heteroatoms. The Labute approximate surface area is 168 Å². The molecule has 1 saturated heterocycles. The van der Waals surface area contributed by atoms with Gasteiger partial charge in [-0.2, -0.15) is 11.8 Å². The van der Waals surface area contributed by atoms with Crippen LogP contribution in [0.15, 0.2) is 30.3 Å². The third kappa shape index (κ3) is 7.05. The molecular formula is C19H27N3O5S. The number of thioether (sulfide) groups is 1. The molecule has 1 heterocycles. The van der Waals surface area contributed by atoms with Gasteiger partial charge in [0.1, 0.15) is 12.6 Å². The Hall–Kier alpha value is -2.26. The summed E-state index contributed by atoms with van der Waals surface area (Å²) in [5.74, 6) is -0.140. The van der Waals surface area contributed by atoms with Gasteiger partial charge in [0, 0.05) is 18.8 Å². The van der Waals surface area contributed by atoms with Crippen molar-refractivity contribution in [2.24, 2.45) is 5.73 Å². The highest BCUT2D eigenvalue weighted by atomic mass is 32.2. The Bertz CT molecular complexity index is 658. The number of aliphatic carboxylic acids is 1. The van der Waals surface area contributed by atoms with E-state index in [2.05, 4.69) is 5.32 Å². The molecule has 1 fully saturated rings. The number of nitrogens with two attached hydrogens (primary N) is 1. The van der Waals surface area contributed by atoms with Crippen LogP contribution in [0.2, 0.25) is 0 Å². The number of nitrogens with one attached hydrogen (secondary N) is 1. The molecule has 2 rings (SSSR count). The molecule has 0 saturated carbocycles. The molecule has 1 aromatic rings. The van der Waals surface area contributed by atoms with Crippen LogP contribution in [-0.4, -0.2) is 64.7 Å². The van der Waals surface area contributed by atoms with Crippen molar-refractivity contribution in [3.05, 3.63) is 35.9 Å². The Balaban J connectivity index is 1.54. The summed E-state index contributed by atoms with van der Waals surface area (Å²) in [5.41, 5.74) is 6.85. The van der Waals surface area contributed by atoms with Crippen LogP contribution in [0.3, 0.4) is 0 Å². The molecule has 0 spiro atoms. The summed E-state index contributed by atoms with van der Waals surface area (Å²) in [7, 11) is 0. The number of benzene rings is 1. The van der Waals surface area contributed by atoms with E-state index in [1.807, 2.05) is 30.3 Å². The van der Waals surface area contributed by atoms with Gasteiger partial charge in [-0.05, 0) is 30.6 Å². The van der Waals surface area contributed by atoms with E-state index in [1.54, 1.807) is 0 Å². The summed E-state index contributed by atoms with van der Waals surface area (Å²) < 4.78 is 5.12. The quantitative estimate of drug-likeness (QED) is 0.500. The van der Waals surface area contributed by atoms with Gasteiger partial charge in [-0.3, -0.25) is 4.79 Å². The van der Waals surface area contributed by atoms with Crippen LogP contribution >= 0.6 is 11.8 Å². The summed E-state index contributed by atoms with van der Waals surface area (Å²) in [6.07, 6.45) is 1.42. The van der Waals surface area contributed by atoms with Gasteiger partial charge in [0.05, 0.1) is 6.04 Å². The van der Waals surface area contributed by atoms with Crippen molar-refractivity contribution in [2.75, 3.05) is 24.6 Å². The lowest BCUT2D eigenvalue weighted by molar-refractivity contribution is -0.148. The molecule has 0 aromatic heterocycles. The maximum Gasteiger partial charge on any atom is 0.407 e. The number of amides is 2.